The van der Waals surface area contributed by atoms with Crippen LogP contribution in [-0.2, 0) is 4.79 Å². The van der Waals surface area contributed by atoms with Crippen LogP contribution in [0.1, 0.15) is 47.2 Å². The zero-order valence-corrected chi connectivity index (χ0v) is 15.8. The summed E-state index contributed by atoms with van der Waals surface area (Å²) in [5.41, 5.74) is 8.32. The largest absolute Gasteiger partial charge is 0.483 e. The molecule has 0 aromatic heterocycles. The lowest BCUT2D eigenvalue weighted by molar-refractivity contribution is -0.134. The molecule has 2 aliphatic rings. The summed E-state index contributed by atoms with van der Waals surface area (Å²) in [4.78, 5) is 28.6. The van der Waals surface area contributed by atoms with Crippen molar-refractivity contribution in [2.45, 2.75) is 45.6 Å². The third kappa shape index (κ3) is 4.18. The SMILES string of the molecule is Cc1cc(C(=O)N2CC[C@@H](N)C2)cc(C)c1OCC(=O)N1CCCCC1. The van der Waals surface area contributed by atoms with E-state index in [1.165, 1.54) is 6.42 Å². The molecule has 0 saturated carbocycles. The number of likely N-dealkylation sites (tertiary alicyclic amines) is 2. The van der Waals surface area contributed by atoms with Crippen LogP contribution in [0.5, 0.6) is 5.75 Å². The van der Waals surface area contributed by atoms with Gasteiger partial charge in [-0.25, -0.2) is 0 Å². The highest BCUT2D eigenvalue weighted by Gasteiger charge is 2.25. The molecule has 0 radical (unpaired) electrons. The highest BCUT2D eigenvalue weighted by atomic mass is 16.5. The van der Waals surface area contributed by atoms with Crippen molar-refractivity contribution in [1.82, 2.24) is 9.80 Å². The summed E-state index contributed by atoms with van der Waals surface area (Å²) < 4.78 is 5.82. The third-order valence-corrected chi connectivity index (χ3v) is 5.27. The van der Waals surface area contributed by atoms with Crippen molar-refractivity contribution in [2.24, 2.45) is 5.73 Å². The quantitative estimate of drug-likeness (QED) is 0.890. The summed E-state index contributed by atoms with van der Waals surface area (Å²) in [6.45, 7) is 6.85. The van der Waals surface area contributed by atoms with E-state index in [2.05, 4.69) is 0 Å². The van der Waals surface area contributed by atoms with E-state index in [9.17, 15) is 9.59 Å². The molecule has 1 aromatic carbocycles. The Bertz CT molecular complexity index is 660. The standard InChI is InChI=1S/C20H29N3O3/c1-14-10-16(20(25)23-9-6-17(21)12-23)11-15(2)19(14)26-13-18(24)22-7-4-3-5-8-22/h10-11,17H,3-9,12-13,21H2,1-2H3/t17-/m1/s1. The van der Waals surface area contributed by atoms with Gasteiger partial charge in [-0.05, 0) is 62.8 Å². The van der Waals surface area contributed by atoms with Gasteiger partial charge in [0.15, 0.2) is 6.61 Å². The Hall–Kier alpha value is -2.08. The first-order valence-corrected chi connectivity index (χ1v) is 9.52. The number of aryl methyl sites for hydroxylation is 2. The highest BCUT2D eigenvalue weighted by molar-refractivity contribution is 5.95. The van der Waals surface area contributed by atoms with Crippen molar-refractivity contribution in [2.75, 3.05) is 32.8 Å². The number of hydrogen-bond acceptors (Lipinski definition) is 4. The molecule has 1 atom stereocenters. The van der Waals surface area contributed by atoms with Crippen molar-refractivity contribution in [3.05, 3.63) is 28.8 Å². The van der Waals surface area contributed by atoms with E-state index in [1.54, 1.807) is 4.90 Å². The Kier molecular flexibility index (Phi) is 5.81. The molecule has 0 unspecified atom stereocenters. The Balaban J connectivity index is 1.65. The van der Waals surface area contributed by atoms with E-state index < -0.39 is 0 Å². The lowest BCUT2D eigenvalue weighted by Crippen LogP contribution is -2.38. The summed E-state index contributed by atoms with van der Waals surface area (Å²) in [6.07, 6.45) is 4.19. The van der Waals surface area contributed by atoms with Crippen LogP contribution in [0.4, 0.5) is 0 Å². The summed E-state index contributed by atoms with van der Waals surface area (Å²) in [7, 11) is 0. The summed E-state index contributed by atoms with van der Waals surface area (Å²) in [5.74, 6) is 0.750. The van der Waals surface area contributed by atoms with Crippen molar-refractivity contribution in [3.63, 3.8) is 0 Å². The van der Waals surface area contributed by atoms with Crippen LogP contribution in [-0.4, -0.2) is 60.4 Å². The average molecular weight is 359 g/mol. The predicted octanol–water partition coefficient (Wildman–Crippen LogP) is 1.87. The summed E-state index contributed by atoms with van der Waals surface area (Å²) >= 11 is 0. The number of piperidine rings is 1. The smallest absolute Gasteiger partial charge is 0.260 e. The van der Waals surface area contributed by atoms with Crippen molar-refractivity contribution in [1.29, 1.82) is 0 Å². The van der Waals surface area contributed by atoms with Gasteiger partial charge in [0.2, 0.25) is 0 Å². The highest BCUT2D eigenvalue weighted by Crippen LogP contribution is 2.26. The number of benzene rings is 1. The molecular weight excluding hydrogens is 330 g/mol. The number of hydrogen-bond donors (Lipinski definition) is 1. The molecule has 2 saturated heterocycles. The molecule has 6 nitrogen and oxygen atoms in total. The second kappa shape index (κ2) is 8.08. The Morgan fingerprint density at radius 2 is 1.73 bits per heavy atom. The predicted molar refractivity (Wildman–Crippen MR) is 100 cm³/mol. The lowest BCUT2D eigenvalue weighted by Gasteiger charge is -2.27. The van der Waals surface area contributed by atoms with Crippen LogP contribution in [0.15, 0.2) is 12.1 Å². The number of nitrogens with two attached hydrogens (primary N) is 1. The maximum Gasteiger partial charge on any atom is 0.260 e. The molecule has 2 fully saturated rings. The first-order valence-electron chi connectivity index (χ1n) is 9.52. The number of amides is 2. The van der Waals surface area contributed by atoms with Gasteiger partial charge in [-0.3, -0.25) is 9.59 Å². The van der Waals surface area contributed by atoms with Crippen molar-refractivity contribution < 1.29 is 14.3 Å². The van der Waals surface area contributed by atoms with Gasteiger partial charge in [0.1, 0.15) is 5.75 Å². The van der Waals surface area contributed by atoms with Crippen LogP contribution < -0.4 is 10.5 Å². The van der Waals surface area contributed by atoms with Gasteiger partial charge in [-0.1, -0.05) is 0 Å². The second-order valence-electron chi connectivity index (χ2n) is 7.47. The second-order valence-corrected chi connectivity index (χ2v) is 7.47. The van der Waals surface area contributed by atoms with E-state index in [0.717, 1.165) is 43.5 Å². The molecule has 2 amide bonds. The van der Waals surface area contributed by atoms with Crippen molar-refractivity contribution >= 4 is 11.8 Å². The summed E-state index contributed by atoms with van der Waals surface area (Å²) in [5, 5.41) is 0. The maximum atomic E-state index is 12.6. The molecule has 0 bridgehead atoms. The van der Waals surface area contributed by atoms with E-state index in [0.29, 0.717) is 24.4 Å². The minimum absolute atomic E-state index is 0.0140. The Morgan fingerprint density at radius 3 is 2.31 bits per heavy atom. The fourth-order valence-electron chi connectivity index (χ4n) is 3.82. The normalized spacial score (nSPS) is 20.3. The molecule has 142 valence electrons. The van der Waals surface area contributed by atoms with Gasteiger partial charge in [-0.15, -0.1) is 0 Å². The van der Waals surface area contributed by atoms with Crippen LogP contribution in [0.25, 0.3) is 0 Å². The van der Waals surface area contributed by atoms with Gasteiger partial charge >= 0.3 is 0 Å². The van der Waals surface area contributed by atoms with E-state index >= 15 is 0 Å². The minimum Gasteiger partial charge on any atom is -0.483 e. The monoisotopic (exact) mass is 359 g/mol. The van der Waals surface area contributed by atoms with Crippen molar-refractivity contribution in [3.8, 4) is 5.75 Å². The zero-order valence-electron chi connectivity index (χ0n) is 15.8. The molecule has 6 heteroatoms. The average Bonchev–Trinajstić information content (AvgIpc) is 3.07. The number of carbonyl (C=O) groups is 2. The third-order valence-electron chi connectivity index (χ3n) is 5.27. The fourth-order valence-corrected chi connectivity index (χ4v) is 3.82. The number of carbonyl (C=O) groups excluding carboxylic acids is 2. The Labute approximate surface area is 155 Å². The van der Waals surface area contributed by atoms with E-state index in [1.807, 2.05) is 30.9 Å². The molecule has 2 heterocycles. The van der Waals surface area contributed by atoms with Gasteiger partial charge in [0.05, 0.1) is 0 Å². The Morgan fingerprint density at radius 1 is 1.08 bits per heavy atom. The molecule has 2 aliphatic heterocycles. The van der Waals surface area contributed by atoms with Gasteiger partial charge in [0, 0.05) is 37.8 Å². The van der Waals surface area contributed by atoms with Gasteiger partial charge in [0.25, 0.3) is 11.8 Å². The minimum atomic E-state index is 0.0140. The van der Waals surface area contributed by atoms with E-state index in [-0.39, 0.29) is 24.5 Å². The molecule has 0 spiro atoms. The van der Waals surface area contributed by atoms with Crippen LogP contribution in [0.3, 0.4) is 0 Å². The molecule has 2 N–H and O–H groups in total. The molecular formula is C20H29N3O3. The number of ether oxygens (including phenoxy) is 1. The van der Waals surface area contributed by atoms with Crippen LogP contribution in [0, 0.1) is 13.8 Å². The number of nitrogens with zero attached hydrogens (tertiary/aromatic N) is 2. The van der Waals surface area contributed by atoms with Crippen LogP contribution >= 0.6 is 0 Å². The molecule has 1 aromatic rings. The fraction of sp³-hybridized carbons (Fsp3) is 0.600. The van der Waals surface area contributed by atoms with Gasteiger partial charge < -0.3 is 20.3 Å². The lowest BCUT2D eigenvalue weighted by atomic mass is 10.0. The molecule has 0 aliphatic carbocycles. The first-order chi connectivity index (χ1) is 12.5. The molecule has 26 heavy (non-hydrogen) atoms. The summed E-state index contributed by atoms with van der Waals surface area (Å²) in [6, 6.07) is 3.77. The maximum absolute atomic E-state index is 12.6. The zero-order chi connectivity index (χ0) is 18.7. The van der Waals surface area contributed by atoms with Gasteiger partial charge in [-0.2, -0.15) is 0 Å². The number of rotatable bonds is 4. The first kappa shape index (κ1) is 18.7. The van der Waals surface area contributed by atoms with E-state index in [4.69, 9.17) is 10.5 Å². The topological polar surface area (TPSA) is 75.9 Å². The molecule has 3 rings (SSSR count). The van der Waals surface area contributed by atoms with Crippen LogP contribution in [0.2, 0.25) is 0 Å².